The number of ether oxygens (including phenoxy) is 1. The van der Waals surface area contributed by atoms with Gasteiger partial charge >= 0.3 is 0 Å². The first-order chi connectivity index (χ1) is 13.2. The van der Waals surface area contributed by atoms with E-state index in [1.807, 2.05) is 7.11 Å². The third-order valence-corrected chi connectivity index (χ3v) is 6.99. The van der Waals surface area contributed by atoms with Crippen LogP contribution in [-0.2, 0) is 4.74 Å². The SMILES string of the molecule is C.C.CO[C@@H](C)C[C@H](C)[C@@H](C)[C@@H](C)CCC/C(C)=C\CC/C(C)=C/c1csc(C)n1.[HH]. The molecule has 1 heterocycles. The average Bonchev–Trinajstić information content (AvgIpc) is 3.05. The van der Waals surface area contributed by atoms with E-state index in [4.69, 9.17) is 4.74 Å². The van der Waals surface area contributed by atoms with Crippen molar-refractivity contribution in [3.05, 3.63) is 33.3 Å². The summed E-state index contributed by atoms with van der Waals surface area (Å²) < 4.78 is 5.44. The Labute approximate surface area is 194 Å². The van der Waals surface area contributed by atoms with Crippen molar-refractivity contribution in [3.63, 3.8) is 0 Å². The predicted molar refractivity (Wildman–Crippen MR) is 141 cm³/mol. The smallest absolute Gasteiger partial charge is 0.0901 e. The van der Waals surface area contributed by atoms with Crippen LogP contribution < -0.4 is 0 Å². The Morgan fingerprint density at radius 1 is 1.10 bits per heavy atom. The molecule has 0 spiro atoms. The minimum Gasteiger partial charge on any atom is -0.382 e. The Balaban J connectivity index is -0.00000261. The van der Waals surface area contributed by atoms with Crippen LogP contribution in [0, 0.1) is 24.7 Å². The summed E-state index contributed by atoms with van der Waals surface area (Å²) in [7, 11) is 1.82. The predicted octanol–water partition coefficient (Wildman–Crippen LogP) is 9.60. The maximum Gasteiger partial charge on any atom is 0.0901 e. The molecule has 0 saturated carbocycles. The number of aryl methyl sites for hydroxylation is 1. The van der Waals surface area contributed by atoms with Crippen molar-refractivity contribution in [3.8, 4) is 0 Å². The zero-order valence-corrected chi connectivity index (χ0v) is 20.4. The van der Waals surface area contributed by atoms with E-state index >= 15 is 0 Å². The molecule has 0 aliphatic heterocycles. The Bertz CT molecular complexity index is 623. The molecule has 4 atom stereocenters. The number of thiazole rings is 1. The van der Waals surface area contributed by atoms with E-state index in [-0.39, 0.29) is 16.3 Å². The Morgan fingerprint density at radius 3 is 2.33 bits per heavy atom. The summed E-state index contributed by atoms with van der Waals surface area (Å²) in [6, 6.07) is 0. The summed E-state index contributed by atoms with van der Waals surface area (Å²) >= 11 is 1.72. The third kappa shape index (κ3) is 12.7. The lowest BCUT2D eigenvalue weighted by Crippen LogP contribution is -2.21. The topological polar surface area (TPSA) is 22.1 Å². The van der Waals surface area contributed by atoms with Crippen molar-refractivity contribution in [2.45, 2.75) is 108 Å². The van der Waals surface area contributed by atoms with Crippen LogP contribution in [-0.4, -0.2) is 18.2 Å². The number of rotatable bonds is 13. The first-order valence-corrected chi connectivity index (χ1v) is 11.9. The maximum atomic E-state index is 5.44. The number of methoxy groups -OCH3 is 1. The molecular weight excluding hydrogens is 386 g/mol. The van der Waals surface area contributed by atoms with Crippen molar-refractivity contribution in [2.24, 2.45) is 17.8 Å². The number of allylic oxidation sites excluding steroid dienone is 3. The fraction of sp³-hybridized carbons (Fsp3) is 0.741. The molecule has 0 unspecified atom stereocenters. The van der Waals surface area contributed by atoms with E-state index in [2.05, 4.69) is 71.0 Å². The lowest BCUT2D eigenvalue weighted by molar-refractivity contribution is 0.0815. The number of aromatic nitrogens is 1. The van der Waals surface area contributed by atoms with Gasteiger partial charge in [0, 0.05) is 13.9 Å². The maximum absolute atomic E-state index is 5.44. The van der Waals surface area contributed by atoms with E-state index < -0.39 is 0 Å². The zero-order chi connectivity index (χ0) is 21.1. The molecule has 178 valence electrons. The molecule has 1 rings (SSSR count). The van der Waals surface area contributed by atoms with Gasteiger partial charge in [0.2, 0.25) is 0 Å². The van der Waals surface area contributed by atoms with Crippen LogP contribution in [0.5, 0.6) is 0 Å². The molecular formula is C27H53NOS. The summed E-state index contributed by atoms with van der Waals surface area (Å²) in [6.45, 7) is 16.0. The van der Waals surface area contributed by atoms with E-state index in [1.54, 1.807) is 16.9 Å². The van der Waals surface area contributed by atoms with Gasteiger partial charge < -0.3 is 4.74 Å². The average molecular weight is 440 g/mol. The molecule has 1 aromatic rings. The highest BCUT2D eigenvalue weighted by molar-refractivity contribution is 7.09. The van der Waals surface area contributed by atoms with Gasteiger partial charge in [0.1, 0.15) is 0 Å². The van der Waals surface area contributed by atoms with Crippen molar-refractivity contribution in [1.82, 2.24) is 4.98 Å². The summed E-state index contributed by atoms with van der Waals surface area (Å²) in [6.07, 6.45) is 12.3. The van der Waals surface area contributed by atoms with E-state index in [0.717, 1.165) is 47.7 Å². The van der Waals surface area contributed by atoms with Crippen LogP contribution in [0.15, 0.2) is 22.6 Å². The number of hydrogen-bond acceptors (Lipinski definition) is 3. The van der Waals surface area contributed by atoms with Gasteiger partial charge in [0.25, 0.3) is 0 Å². The van der Waals surface area contributed by atoms with Crippen molar-refractivity contribution in [2.75, 3.05) is 7.11 Å². The van der Waals surface area contributed by atoms with E-state index in [0.29, 0.717) is 6.10 Å². The molecule has 1 aromatic heterocycles. The fourth-order valence-corrected chi connectivity index (χ4v) is 4.35. The van der Waals surface area contributed by atoms with Crippen LogP contribution in [0.4, 0.5) is 0 Å². The van der Waals surface area contributed by atoms with Gasteiger partial charge in [0.15, 0.2) is 0 Å². The molecule has 0 radical (unpaired) electrons. The Hall–Kier alpha value is -0.930. The lowest BCUT2D eigenvalue weighted by atomic mass is 9.80. The van der Waals surface area contributed by atoms with E-state index in [1.165, 1.54) is 24.8 Å². The molecule has 0 aliphatic carbocycles. The largest absolute Gasteiger partial charge is 0.382 e. The van der Waals surface area contributed by atoms with Crippen LogP contribution in [0.2, 0.25) is 0 Å². The van der Waals surface area contributed by atoms with Gasteiger partial charge in [-0.25, -0.2) is 4.98 Å². The second kappa shape index (κ2) is 16.7. The summed E-state index contributed by atoms with van der Waals surface area (Å²) in [5, 5.41) is 3.28. The highest BCUT2D eigenvalue weighted by Gasteiger charge is 2.20. The van der Waals surface area contributed by atoms with Gasteiger partial charge in [0.05, 0.1) is 16.8 Å². The normalized spacial score (nSPS) is 16.3. The van der Waals surface area contributed by atoms with Crippen LogP contribution in [0.1, 0.15) is 107 Å². The molecule has 0 fully saturated rings. The standard InChI is InChI=1S/C25H43NOS.2CH4.H2/c1-18(11-9-13-19(2)15-25-17-28-24(7)26-25)12-10-14-20(3)23(6)21(4)16-22(5)27-8;;;/h11,15,17,20-23H,9-10,12-14,16H2,1-8H3;2*1H4;1H/b18-11-,19-15+;;;/t20-,21-,22-,23-;;;/m0.../s1. The lowest BCUT2D eigenvalue weighted by Gasteiger charge is -2.28. The van der Waals surface area contributed by atoms with Crippen molar-refractivity contribution >= 4 is 17.4 Å². The van der Waals surface area contributed by atoms with Crippen molar-refractivity contribution in [1.29, 1.82) is 0 Å². The van der Waals surface area contributed by atoms with Crippen LogP contribution >= 0.6 is 11.3 Å². The summed E-state index contributed by atoms with van der Waals surface area (Å²) in [4.78, 5) is 4.52. The number of nitrogens with zero attached hydrogens (tertiary/aromatic N) is 1. The molecule has 0 N–H and O–H groups in total. The highest BCUT2D eigenvalue weighted by Crippen LogP contribution is 2.29. The molecule has 2 nitrogen and oxygen atoms in total. The molecule has 3 heteroatoms. The van der Waals surface area contributed by atoms with Crippen LogP contribution in [0.25, 0.3) is 6.08 Å². The summed E-state index contributed by atoms with van der Waals surface area (Å²) in [5.74, 6) is 2.25. The van der Waals surface area contributed by atoms with Gasteiger partial charge in [-0.2, -0.15) is 0 Å². The molecule has 0 amide bonds. The molecule has 30 heavy (non-hydrogen) atoms. The molecule has 0 aromatic carbocycles. The summed E-state index contributed by atoms with van der Waals surface area (Å²) in [5.41, 5.74) is 4.06. The van der Waals surface area contributed by atoms with Crippen LogP contribution in [0.3, 0.4) is 0 Å². The second-order valence-electron chi connectivity index (χ2n) is 8.86. The first-order valence-electron chi connectivity index (χ1n) is 11.0. The molecule has 0 aliphatic rings. The number of hydrogen-bond donors (Lipinski definition) is 0. The minimum absolute atomic E-state index is 0. The monoisotopic (exact) mass is 439 g/mol. The molecule has 0 saturated heterocycles. The second-order valence-corrected chi connectivity index (χ2v) is 9.92. The first kappa shape index (κ1) is 31.3. The van der Waals surface area contributed by atoms with Gasteiger partial charge in [-0.1, -0.05) is 59.3 Å². The molecule has 0 bridgehead atoms. The van der Waals surface area contributed by atoms with Crippen molar-refractivity contribution < 1.29 is 6.16 Å². The third-order valence-electron chi connectivity index (χ3n) is 6.19. The highest BCUT2D eigenvalue weighted by atomic mass is 32.1. The Kier molecular flexibility index (Phi) is 17.4. The fourth-order valence-electron chi connectivity index (χ4n) is 3.78. The minimum atomic E-state index is 0. The zero-order valence-electron chi connectivity index (χ0n) is 19.5. The Morgan fingerprint density at radius 2 is 1.77 bits per heavy atom. The van der Waals surface area contributed by atoms with E-state index in [9.17, 15) is 0 Å². The van der Waals surface area contributed by atoms with Gasteiger partial charge in [-0.05, 0) is 83.6 Å². The van der Waals surface area contributed by atoms with Gasteiger partial charge in [-0.15, -0.1) is 11.3 Å². The van der Waals surface area contributed by atoms with Gasteiger partial charge in [-0.3, -0.25) is 0 Å². The quantitative estimate of drug-likeness (QED) is 0.285.